The first-order valence-corrected chi connectivity index (χ1v) is 19.2. The van der Waals surface area contributed by atoms with Crippen LogP contribution >= 0.6 is 24.8 Å². The Hall–Kier alpha value is -3.91. The summed E-state index contributed by atoms with van der Waals surface area (Å²) in [5.74, 6) is -1.02. The van der Waals surface area contributed by atoms with Gasteiger partial charge in [0.25, 0.3) is 0 Å². The lowest BCUT2D eigenvalue weighted by molar-refractivity contribution is -0.135. The fourth-order valence-electron chi connectivity index (χ4n) is 8.80. The Balaban J connectivity index is 0.000000308. The van der Waals surface area contributed by atoms with Gasteiger partial charge in [-0.2, -0.15) is 0 Å². The van der Waals surface area contributed by atoms with Crippen LogP contribution in [-0.4, -0.2) is 90.4 Å². The minimum absolute atomic E-state index is 0. The first kappa shape index (κ1) is 46.5. The van der Waals surface area contributed by atoms with Crippen LogP contribution in [-0.2, 0) is 16.6 Å². The molecular formula is C42H59Cl2N5O7. The third kappa shape index (κ3) is 9.27. The number of phenolic OH excluding ortho intramolecular Hbond substituents is 2. The maximum atomic E-state index is 13.4. The second-order valence-electron chi connectivity index (χ2n) is 15.4. The van der Waals surface area contributed by atoms with Crippen LogP contribution < -0.4 is 27.0 Å². The number of ketones is 2. The number of phenols is 2. The summed E-state index contributed by atoms with van der Waals surface area (Å²) in [5, 5.41) is 50.6. The number of rotatable bonds is 14. The van der Waals surface area contributed by atoms with Crippen molar-refractivity contribution in [3.8, 4) is 11.5 Å². The number of aromatic hydroxyl groups is 2. The van der Waals surface area contributed by atoms with Crippen LogP contribution in [0.2, 0.25) is 0 Å². The number of carbonyl (C=O) groups excluding carboxylic acids is 3. The molecule has 308 valence electrons. The molecule has 0 radical (unpaired) electrons. The molecule has 6 rings (SSSR count). The molecule has 3 unspecified atom stereocenters. The standard InChI is InChI=1S/C22H28N4O6.C20H29NO.2ClH/c27-11-9-23-5-7-25-13-1-2-14(26-8-6-24-10-12-28)18-17(13)21(31)19-15(29)3-4-16(30)20(19)22(18)32;1-13(2)14-6-8-16-15(12-14)7-9-17-19(16,3)10-5-11-20(17,4)18(21)22;;/h1-4,23-30H,5-12H2;6,8,12-13,17H,5,7,9-11H2,1-4H3,(H2,21,22);2*1H. The average molecular weight is 817 g/mol. The zero-order valence-electron chi connectivity index (χ0n) is 32.8. The van der Waals surface area contributed by atoms with Crippen LogP contribution in [0.5, 0.6) is 11.5 Å². The molecule has 14 heteroatoms. The molecular weight excluding hydrogens is 757 g/mol. The lowest BCUT2D eigenvalue weighted by atomic mass is 9.49. The average Bonchev–Trinajstić information content (AvgIpc) is 3.14. The van der Waals surface area contributed by atoms with Crippen molar-refractivity contribution < 1.29 is 34.8 Å². The number of nitrogens with two attached hydrogens (primary N) is 1. The summed E-state index contributed by atoms with van der Waals surface area (Å²) < 4.78 is 0. The number of amides is 1. The molecule has 0 aromatic heterocycles. The molecule has 3 aromatic carbocycles. The van der Waals surface area contributed by atoms with Crippen molar-refractivity contribution in [3.63, 3.8) is 0 Å². The highest BCUT2D eigenvalue weighted by atomic mass is 35.5. The van der Waals surface area contributed by atoms with E-state index in [9.17, 15) is 24.6 Å². The SMILES string of the molecule is CC(C)c1ccc2c(c1)CCC1C(C)(C(N)=O)CCCC21C.Cl.Cl.O=C1c2c(O)ccc(O)c2C(=O)c2c(NCCNCCO)ccc(NCCNCCO)c21. The molecule has 0 bridgehead atoms. The Morgan fingerprint density at radius 3 is 1.75 bits per heavy atom. The second kappa shape index (κ2) is 20.0. The molecule has 56 heavy (non-hydrogen) atoms. The number of fused-ring (bicyclic) bond motifs is 5. The van der Waals surface area contributed by atoms with Crippen LogP contribution in [0, 0.1) is 11.3 Å². The highest BCUT2D eigenvalue weighted by Crippen LogP contribution is 2.57. The number of nitrogens with one attached hydrogen (secondary N) is 4. The highest BCUT2D eigenvalue weighted by Gasteiger charge is 2.54. The van der Waals surface area contributed by atoms with E-state index in [1.54, 1.807) is 12.1 Å². The molecule has 3 aliphatic rings. The lowest BCUT2D eigenvalue weighted by Gasteiger charge is -2.54. The minimum Gasteiger partial charge on any atom is -0.507 e. The van der Waals surface area contributed by atoms with E-state index in [2.05, 4.69) is 67.2 Å². The van der Waals surface area contributed by atoms with Gasteiger partial charge in [0.1, 0.15) is 11.5 Å². The van der Waals surface area contributed by atoms with E-state index < -0.39 is 11.6 Å². The number of halogens is 2. The van der Waals surface area contributed by atoms with E-state index >= 15 is 0 Å². The number of benzene rings is 3. The molecule has 3 aliphatic carbocycles. The molecule has 0 saturated heterocycles. The number of primary amides is 1. The minimum atomic E-state index is -0.559. The third-order valence-electron chi connectivity index (χ3n) is 11.7. The van der Waals surface area contributed by atoms with E-state index in [0.29, 0.717) is 62.5 Å². The van der Waals surface area contributed by atoms with Crippen molar-refractivity contribution in [2.45, 2.75) is 71.1 Å². The van der Waals surface area contributed by atoms with Gasteiger partial charge in [0, 0.05) is 56.1 Å². The van der Waals surface area contributed by atoms with Crippen LogP contribution in [0.3, 0.4) is 0 Å². The van der Waals surface area contributed by atoms with Gasteiger partial charge in [-0.25, -0.2) is 0 Å². The first-order chi connectivity index (χ1) is 25.8. The molecule has 1 fully saturated rings. The van der Waals surface area contributed by atoms with E-state index in [4.69, 9.17) is 15.9 Å². The zero-order chi connectivity index (χ0) is 39.2. The topological polar surface area (TPSA) is 206 Å². The summed E-state index contributed by atoms with van der Waals surface area (Å²) in [5.41, 5.74) is 10.6. The van der Waals surface area contributed by atoms with Gasteiger partial charge in [0.05, 0.1) is 35.5 Å². The zero-order valence-corrected chi connectivity index (χ0v) is 34.4. The van der Waals surface area contributed by atoms with E-state index in [0.717, 1.165) is 25.7 Å². The van der Waals surface area contributed by atoms with Crippen LogP contribution in [0.1, 0.15) is 108 Å². The van der Waals surface area contributed by atoms with Gasteiger partial charge in [-0.1, -0.05) is 52.3 Å². The molecule has 10 N–H and O–H groups in total. The Morgan fingerprint density at radius 2 is 1.29 bits per heavy atom. The molecule has 3 atom stereocenters. The molecule has 12 nitrogen and oxygen atoms in total. The first-order valence-electron chi connectivity index (χ1n) is 19.2. The number of hydrogen-bond donors (Lipinski definition) is 9. The van der Waals surface area contributed by atoms with E-state index in [1.165, 1.54) is 35.2 Å². The summed E-state index contributed by atoms with van der Waals surface area (Å²) in [7, 11) is 0. The van der Waals surface area contributed by atoms with Crippen molar-refractivity contribution in [2.75, 3.05) is 63.1 Å². The Bertz CT molecular complexity index is 1800. The Kier molecular flexibility index (Phi) is 16.6. The smallest absolute Gasteiger partial charge is 0.223 e. The second-order valence-corrected chi connectivity index (χ2v) is 15.4. The van der Waals surface area contributed by atoms with E-state index in [1.807, 2.05) is 0 Å². The van der Waals surface area contributed by atoms with Gasteiger partial charge in [0.2, 0.25) is 17.5 Å². The van der Waals surface area contributed by atoms with Gasteiger partial charge in [-0.3, -0.25) is 14.4 Å². The largest absolute Gasteiger partial charge is 0.507 e. The summed E-state index contributed by atoms with van der Waals surface area (Å²) in [4.78, 5) is 38.9. The number of aryl methyl sites for hydroxylation is 1. The van der Waals surface area contributed by atoms with Gasteiger partial charge >= 0.3 is 0 Å². The van der Waals surface area contributed by atoms with Gasteiger partial charge in [-0.15, -0.1) is 24.8 Å². The van der Waals surface area contributed by atoms with Crippen LogP contribution in [0.15, 0.2) is 42.5 Å². The van der Waals surface area contributed by atoms with Crippen molar-refractivity contribution in [1.82, 2.24) is 10.6 Å². The predicted molar refractivity (Wildman–Crippen MR) is 225 cm³/mol. The Labute approximate surface area is 342 Å². The molecule has 1 saturated carbocycles. The summed E-state index contributed by atoms with van der Waals surface area (Å²) in [6, 6.07) is 12.8. The molecule has 3 aromatic rings. The summed E-state index contributed by atoms with van der Waals surface area (Å²) in [6.07, 6.45) is 5.39. The number of anilines is 2. The molecule has 0 spiro atoms. The monoisotopic (exact) mass is 815 g/mol. The fourth-order valence-corrected chi connectivity index (χ4v) is 8.80. The lowest BCUT2D eigenvalue weighted by Crippen LogP contribution is -2.54. The van der Waals surface area contributed by atoms with Crippen molar-refractivity contribution in [2.24, 2.45) is 17.1 Å². The normalized spacial score (nSPS) is 20.5. The fraction of sp³-hybridized carbons (Fsp3) is 0.500. The highest BCUT2D eigenvalue weighted by molar-refractivity contribution is 6.33. The van der Waals surface area contributed by atoms with Crippen molar-refractivity contribution in [3.05, 3.63) is 81.4 Å². The Morgan fingerprint density at radius 1 is 0.768 bits per heavy atom. The molecule has 0 heterocycles. The van der Waals surface area contributed by atoms with Gasteiger partial charge in [-0.05, 0) is 83.9 Å². The quantitative estimate of drug-likeness (QED) is 0.0611. The maximum absolute atomic E-state index is 13.4. The van der Waals surface area contributed by atoms with Crippen LogP contribution in [0.4, 0.5) is 11.4 Å². The number of aliphatic hydroxyl groups is 2. The predicted octanol–water partition coefficient (Wildman–Crippen LogP) is 5.01. The van der Waals surface area contributed by atoms with Gasteiger partial charge < -0.3 is 47.4 Å². The summed E-state index contributed by atoms with van der Waals surface area (Å²) >= 11 is 0. The van der Waals surface area contributed by atoms with Crippen molar-refractivity contribution >= 4 is 53.7 Å². The maximum Gasteiger partial charge on any atom is 0.223 e. The van der Waals surface area contributed by atoms with Crippen LogP contribution in [0.25, 0.3) is 0 Å². The van der Waals surface area contributed by atoms with E-state index in [-0.39, 0.29) is 88.5 Å². The summed E-state index contributed by atoms with van der Waals surface area (Å²) in [6.45, 7) is 11.8. The number of hydrogen-bond acceptors (Lipinski definition) is 11. The third-order valence-corrected chi connectivity index (χ3v) is 11.7. The molecule has 0 aliphatic heterocycles. The van der Waals surface area contributed by atoms with Crippen molar-refractivity contribution in [1.29, 1.82) is 0 Å². The number of carbonyl (C=O) groups is 3. The van der Waals surface area contributed by atoms with Gasteiger partial charge in [0.15, 0.2) is 0 Å². The number of aliphatic hydroxyl groups excluding tert-OH is 2. The molecule has 1 amide bonds.